The van der Waals surface area contributed by atoms with Crippen molar-refractivity contribution in [2.75, 3.05) is 6.61 Å². The highest BCUT2D eigenvalue weighted by Crippen LogP contribution is 2.14. The van der Waals surface area contributed by atoms with Gasteiger partial charge in [0.05, 0.1) is 6.61 Å². The van der Waals surface area contributed by atoms with Crippen LogP contribution in [0.5, 0.6) is 5.75 Å². The first-order chi connectivity index (χ1) is 9.69. The van der Waals surface area contributed by atoms with Gasteiger partial charge < -0.3 is 9.94 Å². The molecule has 0 bridgehead atoms. The van der Waals surface area contributed by atoms with E-state index in [1.165, 1.54) is 30.5 Å². The third-order valence-corrected chi connectivity index (χ3v) is 2.70. The molecule has 0 heterocycles. The van der Waals surface area contributed by atoms with Gasteiger partial charge in [0.15, 0.2) is 6.21 Å². The number of rotatable bonds is 5. The van der Waals surface area contributed by atoms with Crippen molar-refractivity contribution in [3.8, 4) is 5.75 Å². The van der Waals surface area contributed by atoms with Gasteiger partial charge in [0.2, 0.25) is 5.69 Å². The fourth-order valence-corrected chi connectivity index (χ4v) is 1.67. The first kappa shape index (κ1) is 14.1. The quantitative estimate of drug-likeness (QED) is 0.359. The maximum absolute atomic E-state index is 12.8. The summed E-state index contributed by atoms with van der Waals surface area (Å²) >= 11 is 0. The Kier molecular flexibility index (Phi) is 4.71. The maximum Gasteiger partial charge on any atom is 0.216 e. The Bertz CT molecular complexity index is 576. The van der Waals surface area contributed by atoms with Gasteiger partial charge in [-0.3, -0.25) is 0 Å². The molecule has 0 N–H and O–H groups in total. The Morgan fingerprint density at radius 1 is 1.10 bits per heavy atom. The number of benzene rings is 2. The van der Waals surface area contributed by atoms with Crippen LogP contribution in [-0.2, 0) is 0 Å². The largest absolute Gasteiger partial charge is 0.618 e. The molecule has 0 aromatic heterocycles. The fraction of sp³-hybridized carbons (Fsp3) is 0.188. The minimum absolute atomic E-state index is 0.362. The molecular formula is C16H16FNO2. The molecule has 0 atom stereocenters. The number of hydrogen-bond donors (Lipinski definition) is 0. The lowest BCUT2D eigenvalue weighted by molar-refractivity contribution is -0.354. The summed E-state index contributed by atoms with van der Waals surface area (Å²) < 4.78 is 19.0. The minimum atomic E-state index is -0.362. The van der Waals surface area contributed by atoms with E-state index >= 15 is 0 Å². The van der Waals surface area contributed by atoms with Crippen LogP contribution >= 0.6 is 0 Å². The summed E-state index contributed by atoms with van der Waals surface area (Å²) in [7, 11) is 0. The van der Waals surface area contributed by atoms with Crippen molar-refractivity contribution >= 4 is 11.9 Å². The Morgan fingerprint density at radius 3 is 2.35 bits per heavy atom. The van der Waals surface area contributed by atoms with Crippen LogP contribution in [0.4, 0.5) is 10.1 Å². The summed E-state index contributed by atoms with van der Waals surface area (Å²) in [4.78, 5) is 0. The molecule has 0 spiro atoms. The van der Waals surface area contributed by atoms with Crippen molar-refractivity contribution in [3.05, 3.63) is 65.1 Å². The van der Waals surface area contributed by atoms with E-state index in [2.05, 4.69) is 0 Å². The standard InChI is InChI=1S/C16H16FNO2/c1-2-11-20-16-9-3-13(4-10-16)12-18(19)15-7-5-14(17)6-8-15/h3-10,12H,2,11H2,1H3. The minimum Gasteiger partial charge on any atom is -0.618 e. The van der Waals surface area contributed by atoms with Crippen LogP contribution < -0.4 is 4.74 Å². The highest BCUT2D eigenvalue weighted by atomic mass is 19.1. The highest BCUT2D eigenvalue weighted by molar-refractivity contribution is 5.76. The summed E-state index contributed by atoms with van der Waals surface area (Å²) in [5.74, 6) is 0.419. The normalized spacial score (nSPS) is 11.4. The molecule has 20 heavy (non-hydrogen) atoms. The van der Waals surface area contributed by atoms with Gasteiger partial charge >= 0.3 is 0 Å². The molecule has 0 radical (unpaired) electrons. The van der Waals surface area contributed by atoms with Gasteiger partial charge in [0, 0.05) is 17.7 Å². The molecule has 2 aromatic rings. The smallest absolute Gasteiger partial charge is 0.216 e. The molecule has 0 fully saturated rings. The Labute approximate surface area is 117 Å². The Balaban J connectivity index is 2.11. The van der Waals surface area contributed by atoms with Crippen molar-refractivity contribution in [2.24, 2.45) is 0 Å². The van der Waals surface area contributed by atoms with Gasteiger partial charge in [-0.1, -0.05) is 6.92 Å². The zero-order valence-corrected chi connectivity index (χ0v) is 11.3. The summed E-state index contributed by atoms with van der Waals surface area (Å²) in [6.07, 6.45) is 2.39. The monoisotopic (exact) mass is 273 g/mol. The van der Waals surface area contributed by atoms with Crippen molar-refractivity contribution < 1.29 is 13.9 Å². The third kappa shape index (κ3) is 3.82. The van der Waals surface area contributed by atoms with Crippen LogP contribution in [0.25, 0.3) is 0 Å². The van der Waals surface area contributed by atoms with Crippen molar-refractivity contribution in [3.63, 3.8) is 0 Å². The topological polar surface area (TPSA) is 35.3 Å². The Morgan fingerprint density at radius 2 is 1.75 bits per heavy atom. The second-order valence-corrected chi connectivity index (χ2v) is 4.35. The molecule has 0 aliphatic rings. The van der Waals surface area contributed by atoms with E-state index in [1.54, 1.807) is 12.1 Å². The maximum atomic E-state index is 12.8. The molecule has 0 saturated heterocycles. The molecule has 3 nitrogen and oxygen atoms in total. The highest BCUT2D eigenvalue weighted by Gasteiger charge is 2.02. The summed E-state index contributed by atoms with van der Waals surface area (Å²) in [6, 6.07) is 12.7. The molecule has 2 aromatic carbocycles. The van der Waals surface area contributed by atoms with Crippen LogP contribution in [0.15, 0.2) is 48.5 Å². The van der Waals surface area contributed by atoms with Gasteiger partial charge in [-0.15, -0.1) is 0 Å². The first-order valence-corrected chi connectivity index (χ1v) is 6.48. The predicted molar refractivity (Wildman–Crippen MR) is 77.1 cm³/mol. The van der Waals surface area contributed by atoms with Crippen LogP contribution in [0.2, 0.25) is 0 Å². The molecular weight excluding hydrogens is 257 g/mol. The second-order valence-electron chi connectivity index (χ2n) is 4.35. The number of hydrogen-bond acceptors (Lipinski definition) is 2. The van der Waals surface area contributed by atoms with Crippen molar-refractivity contribution in [1.82, 2.24) is 0 Å². The molecule has 4 heteroatoms. The zero-order chi connectivity index (χ0) is 14.4. The molecule has 104 valence electrons. The fourth-order valence-electron chi connectivity index (χ4n) is 1.67. The van der Waals surface area contributed by atoms with Crippen LogP contribution in [0.1, 0.15) is 18.9 Å². The number of nitrogens with zero attached hydrogens (tertiary/aromatic N) is 1. The van der Waals surface area contributed by atoms with Crippen LogP contribution in [-0.4, -0.2) is 17.6 Å². The van der Waals surface area contributed by atoms with Gasteiger partial charge in [0.1, 0.15) is 11.6 Å². The third-order valence-electron chi connectivity index (χ3n) is 2.70. The average molecular weight is 273 g/mol. The molecule has 0 aliphatic carbocycles. The van der Waals surface area contributed by atoms with Crippen LogP contribution in [0.3, 0.4) is 0 Å². The summed E-state index contributed by atoms with van der Waals surface area (Å²) in [6.45, 7) is 2.71. The predicted octanol–water partition coefficient (Wildman–Crippen LogP) is 3.88. The van der Waals surface area contributed by atoms with Gasteiger partial charge in [-0.2, -0.15) is 4.74 Å². The van der Waals surface area contributed by atoms with Gasteiger partial charge in [-0.05, 0) is 42.8 Å². The molecule has 2 rings (SSSR count). The Hall–Kier alpha value is -2.36. The molecule has 0 amide bonds. The van der Waals surface area contributed by atoms with E-state index in [4.69, 9.17) is 4.74 Å². The van der Waals surface area contributed by atoms with Crippen molar-refractivity contribution in [2.45, 2.75) is 13.3 Å². The van der Waals surface area contributed by atoms with E-state index in [0.717, 1.165) is 17.7 Å². The lowest BCUT2D eigenvalue weighted by Gasteiger charge is -2.05. The van der Waals surface area contributed by atoms with E-state index in [1.807, 2.05) is 19.1 Å². The molecule has 0 unspecified atom stereocenters. The van der Waals surface area contributed by atoms with E-state index in [0.29, 0.717) is 17.0 Å². The summed E-state index contributed by atoms with van der Waals surface area (Å²) in [5, 5.41) is 11.9. The molecule has 0 saturated carbocycles. The van der Waals surface area contributed by atoms with E-state index in [-0.39, 0.29) is 5.82 Å². The zero-order valence-electron chi connectivity index (χ0n) is 11.3. The molecule has 0 aliphatic heterocycles. The van der Waals surface area contributed by atoms with Gasteiger partial charge in [0.25, 0.3) is 0 Å². The number of ether oxygens (including phenoxy) is 1. The van der Waals surface area contributed by atoms with Crippen LogP contribution in [0, 0.1) is 11.0 Å². The average Bonchev–Trinajstić information content (AvgIpc) is 2.47. The first-order valence-electron chi connectivity index (χ1n) is 6.48. The van der Waals surface area contributed by atoms with E-state index < -0.39 is 0 Å². The number of halogens is 1. The second kappa shape index (κ2) is 6.70. The van der Waals surface area contributed by atoms with Crippen molar-refractivity contribution in [1.29, 1.82) is 0 Å². The lowest BCUT2D eigenvalue weighted by atomic mass is 10.2. The van der Waals surface area contributed by atoms with E-state index in [9.17, 15) is 9.60 Å². The summed E-state index contributed by atoms with van der Waals surface area (Å²) in [5.41, 5.74) is 1.14. The lowest BCUT2D eigenvalue weighted by Crippen LogP contribution is -1.99. The SMILES string of the molecule is CCCOc1ccc(C=[N+]([O-])c2ccc(F)cc2)cc1. The van der Waals surface area contributed by atoms with Gasteiger partial charge in [-0.25, -0.2) is 4.39 Å².